The highest BCUT2D eigenvalue weighted by Gasteiger charge is 2.29. The van der Waals surface area contributed by atoms with E-state index < -0.39 is 0 Å². The van der Waals surface area contributed by atoms with E-state index in [2.05, 4.69) is 4.98 Å². The third-order valence-electron chi connectivity index (χ3n) is 4.05. The summed E-state index contributed by atoms with van der Waals surface area (Å²) >= 11 is 0. The van der Waals surface area contributed by atoms with Crippen LogP contribution in [-0.4, -0.2) is 38.8 Å². The Hall–Kier alpha value is -1.88. The second kappa shape index (κ2) is 5.25. The van der Waals surface area contributed by atoms with Crippen LogP contribution in [0.15, 0.2) is 30.7 Å². The summed E-state index contributed by atoms with van der Waals surface area (Å²) in [6.07, 6.45) is 8.63. The van der Waals surface area contributed by atoms with Crippen LogP contribution in [0.4, 0.5) is 0 Å². The number of hydrogen-bond donors (Lipinski definition) is 1. The van der Waals surface area contributed by atoms with Gasteiger partial charge >= 0.3 is 0 Å². The molecule has 20 heavy (non-hydrogen) atoms. The average molecular weight is 272 g/mol. The SMILES string of the molecule is C[C@@H](N)[C@@H]1CCCCN1C(=O)c1ccc2nccn2c1. The lowest BCUT2D eigenvalue weighted by atomic mass is 9.96. The molecule has 1 aliphatic rings. The van der Waals surface area contributed by atoms with Crippen LogP contribution in [0.3, 0.4) is 0 Å². The van der Waals surface area contributed by atoms with Gasteiger partial charge in [0.1, 0.15) is 5.65 Å². The molecule has 2 aromatic rings. The molecular weight excluding hydrogens is 252 g/mol. The van der Waals surface area contributed by atoms with Gasteiger partial charge in [0.15, 0.2) is 0 Å². The van der Waals surface area contributed by atoms with Gasteiger partial charge in [-0.2, -0.15) is 0 Å². The lowest BCUT2D eigenvalue weighted by molar-refractivity contribution is 0.0583. The van der Waals surface area contributed by atoms with Crippen LogP contribution in [-0.2, 0) is 0 Å². The van der Waals surface area contributed by atoms with Crippen molar-refractivity contribution < 1.29 is 4.79 Å². The van der Waals surface area contributed by atoms with Gasteiger partial charge in [-0.05, 0) is 38.3 Å². The fourth-order valence-corrected chi connectivity index (χ4v) is 2.97. The first-order valence-corrected chi connectivity index (χ1v) is 7.16. The van der Waals surface area contributed by atoms with E-state index >= 15 is 0 Å². The first-order chi connectivity index (χ1) is 9.66. The van der Waals surface area contributed by atoms with Crippen molar-refractivity contribution in [1.82, 2.24) is 14.3 Å². The second-order valence-corrected chi connectivity index (χ2v) is 5.53. The summed E-state index contributed by atoms with van der Waals surface area (Å²) in [6.45, 7) is 2.78. The van der Waals surface area contributed by atoms with Gasteiger partial charge in [-0.1, -0.05) is 0 Å². The molecule has 0 aliphatic carbocycles. The Morgan fingerprint density at radius 3 is 3.10 bits per heavy atom. The van der Waals surface area contributed by atoms with Crippen LogP contribution in [0, 0.1) is 0 Å². The molecule has 3 rings (SSSR count). The van der Waals surface area contributed by atoms with Crippen molar-refractivity contribution >= 4 is 11.6 Å². The van der Waals surface area contributed by atoms with Gasteiger partial charge in [-0.25, -0.2) is 4.98 Å². The summed E-state index contributed by atoms with van der Waals surface area (Å²) in [6, 6.07) is 3.88. The Morgan fingerprint density at radius 1 is 1.45 bits per heavy atom. The molecule has 1 fully saturated rings. The molecule has 1 amide bonds. The van der Waals surface area contributed by atoms with Gasteiger partial charge in [-0.3, -0.25) is 4.79 Å². The monoisotopic (exact) mass is 272 g/mol. The number of likely N-dealkylation sites (tertiary alicyclic amines) is 1. The number of carbonyl (C=O) groups is 1. The van der Waals surface area contributed by atoms with E-state index in [0.29, 0.717) is 5.56 Å². The summed E-state index contributed by atoms with van der Waals surface area (Å²) in [4.78, 5) is 18.8. The van der Waals surface area contributed by atoms with E-state index in [9.17, 15) is 4.79 Å². The maximum Gasteiger partial charge on any atom is 0.255 e. The molecule has 106 valence electrons. The van der Waals surface area contributed by atoms with Gasteiger partial charge in [-0.15, -0.1) is 0 Å². The fraction of sp³-hybridized carbons (Fsp3) is 0.467. The van der Waals surface area contributed by atoms with E-state index in [0.717, 1.165) is 31.5 Å². The minimum Gasteiger partial charge on any atom is -0.334 e. The number of rotatable bonds is 2. The third-order valence-corrected chi connectivity index (χ3v) is 4.05. The van der Waals surface area contributed by atoms with Crippen LogP contribution < -0.4 is 5.73 Å². The summed E-state index contributed by atoms with van der Waals surface area (Å²) < 4.78 is 1.87. The zero-order chi connectivity index (χ0) is 14.1. The van der Waals surface area contributed by atoms with Crippen molar-refractivity contribution in [3.8, 4) is 0 Å². The maximum absolute atomic E-state index is 12.7. The lowest BCUT2D eigenvalue weighted by Crippen LogP contribution is -2.51. The largest absolute Gasteiger partial charge is 0.334 e. The number of carbonyl (C=O) groups excluding carboxylic acids is 1. The minimum atomic E-state index is 0.0104. The van der Waals surface area contributed by atoms with Crippen LogP contribution >= 0.6 is 0 Å². The molecule has 2 aromatic heterocycles. The quantitative estimate of drug-likeness (QED) is 0.904. The van der Waals surface area contributed by atoms with Crippen molar-refractivity contribution in [2.24, 2.45) is 5.73 Å². The molecule has 0 radical (unpaired) electrons. The van der Waals surface area contributed by atoms with Crippen molar-refractivity contribution in [3.63, 3.8) is 0 Å². The fourth-order valence-electron chi connectivity index (χ4n) is 2.97. The Labute approximate surface area is 118 Å². The molecule has 2 N–H and O–H groups in total. The van der Waals surface area contributed by atoms with Crippen molar-refractivity contribution in [1.29, 1.82) is 0 Å². The third kappa shape index (κ3) is 2.29. The van der Waals surface area contributed by atoms with E-state index in [-0.39, 0.29) is 18.0 Å². The summed E-state index contributed by atoms with van der Waals surface area (Å²) in [5.74, 6) is 0.0719. The molecule has 1 saturated heterocycles. The normalized spacial score (nSPS) is 21.1. The molecule has 0 spiro atoms. The second-order valence-electron chi connectivity index (χ2n) is 5.53. The van der Waals surface area contributed by atoms with Crippen molar-refractivity contribution in [2.45, 2.75) is 38.3 Å². The van der Waals surface area contributed by atoms with Crippen LogP contribution in [0.2, 0.25) is 0 Å². The number of aromatic nitrogens is 2. The lowest BCUT2D eigenvalue weighted by Gasteiger charge is -2.38. The van der Waals surface area contributed by atoms with Gasteiger partial charge in [0.2, 0.25) is 0 Å². The van der Waals surface area contributed by atoms with E-state index in [1.54, 1.807) is 6.20 Å². The maximum atomic E-state index is 12.7. The highest BCUT2D eigenvalue weighted by atomic mass is 16.2. The molecule has 2 atom stereocenters. The predicted octanol–water partition coefficient (Wildman–Crippen LogP) is 1.68. The van der Waals surface area contributed by atoms with Crippen LogP contribution in [0.25, 0.3) is 5.65 Å². The molecule has 0 bridgehead atoms. The number of fused-ring (bicyclic) bond motifs is 1. The number of nitrogens with zero attached hydrogens (tertiary/aromatic N) is 3. The Morgan fingerprint density at radius 2 is 2.30 bits per heavy atom. The summed E-state index contributed by atoms with van der Waals surface area (Å²) in [5.41, 5.74) is 7.59. The zero-order valence-electron chi connectivity index (χ0n) is 11.7. The Bertz CT molecular complexity index is 619. The van der Waals surface area contributed by atoms with E-state index in [4.69, 9.17) is 5.73 Å². The topological polar surface area (TPSA) is 63.6 Å². The van der Waals surface area contributed by atoms with Gasteiger partial charge in [0, 0.05) is 37.2 Å². The highest BCUT2D eigenvalue weighted by Crippen LogP contribution is 2.21. The molecular formula is C15H20N4O. The molecule has 3 heterocycles. The molecule has 5 heteroatoms. The van der Waals surface area contributed by atoms with E-state index in [1.807, 2.05) is 40.8 Å². The smallest absolute Gasteiger partial charge is 0.255 e. The number of imidazole rings is 1. The molecule has 5 nitrogen and oxygen atoms in total. The first kappa shape index (κ1) is 13.1. The number of pyridine rings is 1. The first-order valence-electron chi connectivity index (χ1n) is 7.16. The number of piperidine rings is 1. The predicted molar refractivity (Wildman–Crippen MR) is 77.5 cm³/mol. The Kier molecular flexibility index (Phi) is 3.44. The number of hydrogen-bond acceptors (Lipinski definition) is 3. The standard InChI is InChI=1S/C15H20N4O/c1-11(16)13-4-2-3-8-19(13)15(20)12-5-6-14-17-7-9-18(14)10-12/h5-7,9-11,13H,2-4,8,16H2,1H3/t11-,13+/m1/s1. The van der Waals surface area contributed by atoms with Crippen LogP contribution in [0.1, 0.15) is 36.5 Å². The van der Waals surface area contributed by atoms with Gasteiger partial charge in [0.05, 0.1) is 5.56 Å². The van der Waals surface area contributed by atoms with Gasteiger partial charge in [0.25, 0.3) is 5.91 Å². The molecule has 1 aliphatic heterocycles. The summed E-state index contributed by atoms with van der Waals surface area (Å²) in [7, 11) is 0. The Balaban J connectivity index is 1.89. The molecule has 0 unspecified atom stereocenters. The molecule has 0 saturated carbocycles. The number of amides is 1. The van der Waals surface area contributed by atoms with Crippen LogP contribution in [0.5, 0.6) is 0 Å². The number of nitrogens with two attached hydrogens (primary N) is 1. The van der Waals surface area contributed by atoms with Crippen molar-refractivity contribution in [2.75, 3.05) is 6.54 Å². The average Bonchev–Trinajstić information content (AvgIpc) is 2.93. The minimum absolute atomic E-state index is 0.0104. The van der Waals surface area contributed by atoms with Gasteiger partial charge < -0.3 is 15.0 Å². The van der Waals surface area contributed by atoms with Crippen molar-refractivity contribution in [3.05, 3.63) is 36.3 Å². The highest BCUT2D eigenvalue weighted by molar-refractivity contribution is 5.94. The van der Waals surface area contributed by atoms with E-state index in [1.165, 1.54) is 0 Å². The molecule has 0 aromatic carbocycles. The zero-order valence-corrected chi connectivity index (χ0v) is 11.7. The summed E-state index contributed by atoms with van der Waals surface area (Å²) in [5, 5.41) is 0.